The van der Waals surface area contributed by atoms with Crippen LogP contribution in [0.1, 0.15) is 74.1 Å². The summed E-state index contributed by atoms with van der Waals surface area (Å²) in [5.74, 6) is 0.420. The molecule has 1 aliphatic rings. The molecule has 2 heterocycles. The van der Waals surface area contributed by atoms with Crippen LogP contribution in [0.2, 0.25) is 0 Å². The third kappa shape index (κ3) is 3.29. The minimum atomic E-state index is -0.568. The Kier molecular flexibility index (Phi) is 4.58. The Balaban J connectivity index is 1.97. The molecule has 1 aliphatic carbocycles. The van der Waals surface area contributed by atoms with Crippen molar-refractivity contribution in [2.24, 2.45) is 5.92 Å². The first-order valence-electron chi connectivity index (χ1n) is 8.65. The number of rotatable bonds is 6. The summed E-state index contributed by atoms with van der Waals surface area (Å²) in [5.41, 5.74) is 2.61. The van der Waals surface area contributed by atoms with Crippen molar-refractivity contribution >= 4 is 17.0 Å². The zero-order chi connectivity index (χ0) is 17.4. The lowest BCUT2D eigenvalue weighted by Gasteiger charge is -2.15. The van der Waals surface area contributed by atoms with Crippen LogP contribution in [0.15, 0.2) is 10.6 Å². The van der Waals surface area contributed by atoms with E-state index in [0.717, 1.165) is 24.2 Å². The molecule has 0 radical (unpaired) electrons. The first-order valence-corrected chi connectivity index (χ1v) is 8.65. The molecule has 1 unspecified atom stereocenters. The Labute approximate surface area is 141 Å². The Morgan fingerprint density at radius 2 is 2.08 bits per heavy atom. The van der Waals surface area contributed by atoms with E-state index in [4.69, 9.17) is 4.52 Å². The number of aliphatic hydroxyl groups is 1. The largest absolute Gasteiger partial charge is 0.391 e. The van der Waals surface area contributed by atoms with Gasteiger partial charge in [-0.3, -0.25) is 4.79 Å². The summed E-state index contributed by atoms with van der Waals surface area (Å²) in [4.78, 5) is 17.3. The lowest BCUT2D eigenvalue weighted by molar-refractivity contribution is 0.0873. The van der Waals surface area contributed by atoms with Gasteiger partial charge in [-0.1, -0.05) is 32.9 Å². The summed E-state index contributed by atoms with van der Waals surface area (Å²) in [5, 5.41) is 17.6. The van der Waals surface area contributed by atoms with E-state index >= 15 is 0 Å². The van der Waals surface area contributed by atoms with E-state index in [1.807, 2.05) is 33.8 Å². The van der Waals surface area contributed by atoms with Gasteiger partial charge in [0.25, 0.3) is 11.6 Å². The van der Waals surface area contributed by atoms with Gasteiger partial charge in [-0.25, -0.2) is 4.98 Å². The number of nitrogens with one attached hydrogen (secondary N) is 1. The molecule has 1 atom stereocenters. The molecule has 130 valence electrons. The molecule has 0 spiro atoms. The zero-order valence-corrected chi connectivity index (χ0v) is 14.7. The molecule has 0 bridgehead atoms. The van der Waals surface area contributed by atoms with E-state index < -0.39 is 6.10 Å². The average Bonchev–Trinajstić information content (AvgIpc) is 3.30. The van der Waals surface area contributed by atoms with Crippen molar-refractivity contribution in [1.29, 1.82) is 0 Å². The molecule has 1 amide bonds. The quantitative estimate of drug-likeness (QED) is 0.849. The SMILES string of the molecule is CC(C)c1noc2nc(C3CC3)cc(C(=O)NCC(O)C(C)C)c12. The van der Waals surface area contributed by atoms with Crippen molar-refractivity contribution in [2.45, 2.75) is 58.5 Å². The predicted molar refractivity (Wildman–Crippen MR) is 91.0 cm³/mol. The van der Waals surface area contributed by atoms with Crippen LogP contribution < -0.4 is 5.32 Å². The lowest BCUT2D eigenvalue weighted by Crippen LogP contribution is -2.34. The number of carbonyl (C=O) groups is 1. The topological polar surface area (TPSA) is 88.2 Å². The van der Waals surface area contributed by atoms with Crippen molar-refractivity contribution in [3.63, 3.8) is 0 Å². The van der Waals surface area contributed by atoms with Crippen LogP contribution in [0.25, 0.3) is 11.1 Å². The van der Waals surface area contributed by atoms with Gasteiger partial charge in [0.1, 0.15) is 0 Å². The molecule has 0 saturated heterocycles. The molecular formula is C18H25N3O3. The van der Waals surface area contributed by atoms with E-state index in [2.05, 4.69) is 15.5 Å². The van der Waals surface area contributed by atoms with Gasteiger partial charge in [-0.15, -0.1) is 0 Å². The highest BCUT2D eigenvalue weighted by Crippen LogP contribution is 2.41. The summed E-state index contributed by atoms with van der Waals surface area (Å²) in [7, 11) is 0. The summed E-state index contributed by atoms with van der Waals surface area (Å²) in [6.45, 7) is 8.08. The molecule has 6 nitrogen and oxygen atoms in total. The maximum atomic E-state index is 12.7. The second kappa shape index (κ2) is 6.51. The third-order valence-electron chi connectivity index (χ3n) is 4.52. The van der Waals surface area contributed by atoms with Gasteiger partial charge in [0, 0.05) is 18.2 Å². The van der Waals surface area contributed by atoms with Crippen LogP contribution >= 0.6 is 0 Å². The van der Waals surface area contributed by atoms with Crippen molar-refractivity contribution < 1.29 is 14.4 Å². The molecule has 2 aromatic heterocycles. The van der Waals surface area contributed by atoms with Gasteiger partial charge >= 0.3 is 0 Å². The van der Waals surface area contributed by atoms with Crippen LogP contribution in [0.4, 0.5) is 0 Å². The Morgan fingerprint density at radius 3 is 2.67 bits per heavy atom. The second-order valence-electron chi connectivity index (χ2n) is 7.29. The van der Waals surface area contributed by atoms with E-state index in [0.29, 0.717) is 22.6 Å². The number of pyridine rings is 1. The van der Waals surface area contributed by atoms with Crippen molar-refractivity contribution in [1.82, 2.24) is 15.5 Å². The first-order chi connectivity index (χ1) is 11.4. The lowest BCUT2D eigenvalue weighted by atomic mass is 10.0. The minimum absolute atomic E-state index is 0.0894. The van der Waals surface area contributed by atoms with Crippen LogP contribution in [-0.4, -0.2) is 33.8 Å². The van der Waals surface area contributed by atoms with Gasteiger partial charge < -0.3 is 14.9 Å². The molecule has 2 N–H and O–H groups in total. The highest BCUT2D eigenvalue weighted by molar-refractivity contribution is 6.06. The standard InChI is InChI=1S/C18H25N3O3/c1-9(2)14(22)8-19-17(23)12-7-13(11-5-6-11)20-18-15(12)16(10(3)4)21-24-18/h7,9-11,14,22H,5-6,8H2,1-4H3,(H,19,23). The van der Waals surface area contributed by atoms with Gasteiger partial charge in [0.05, 0.1) is 22.7 Å². The van der Waals surface area contributed by atoms with E-state index in [1.54, 1.807) is 0 Å². The van der Waals surface area contributed by atoms with E-state index in [1.165, 1.54) is 0 Å². The molecule has 1 saturated carbocycles. The number of nitrogens with zero attached hydrogens (tertiary/aromatic N) is 2. The molecule has 24 heavy (non-hydrogen) atoms. The summed E-state index contributed by atoms with van der Waals surface area (Å²) in [6.07, 6.45) is 1.62. The fourth-order valence-electron chi connectivity index (χ4n) is 2.68. The number of hydrogen-bond acceptors (Lipinski definition) is 5. The zero-order valence-electron chi connectivity index (χ0n) is 14.7. The van der Waals surface area contributed by atoms with Crippen LogP contribution in [0.5, 0.6) is 0 Å². The maximum absolute atomic E-state index is 12.7. The van der Waals surface area contributed by atoms with Crippen LogP contribution in [0, 0.1) is 5.92 Å². The maximum Gasteiger partial charge on any atom is 0.259 e. The number of fused-ring (bicyclic) bond motifs is 1. The third-order valence-corrected chi connectivity index (χ3v) is 4.52. The minimum Gasteiger partial charge on any atom is -0.391 e. The highest BCUT2D eigenvalue weighted by atomic mass is 16.5. The number of carbonyl (C=O) groups excluding carboxylic acids is 1. The monoisotopic (exact) mass is 331 g/mol. The molecule has 3 rings (SSSR count). The van der Waals surface area contributed by atoms with Crippen molar-refractivity contribution in [3.05, 3.63) is 23.0 Å². The average molecular weight is 331 g/mol. The smallest absolute Gasteiger partial charge is 0.259 e. The molecular weight excluding hydrogens is 306 g/mol. The molecule has 0 aliphatic heterocycles. The summed E-state index contributed by atoms with van der Waals surface area (Å²) < 4.78 is 5.39. The first kappa shape index (κ1) is 16.9. The number of hydrogen-bond donors (Lipinski definition) is 2. The highest BCUT2D eigenvalue weighted by Gasteiger charge is 2.29. The van der Waals surface area contributed by atoms with Gasteiger partial charge in [0.15, 0.2) is 0 Å². The molecule has 0 aromatic carbocycles. The Bertz CT molecular complexity index is 747. The van der Waals surface area contributed by atoms with Crippen LogP contribution in [-0.2, 0) is 0 Å². The van der Waals surface area contributed by atoms with E-state index in [-0.39, 0.29) is 24.3 Å². The normalized spacial score (nSPS) is 16.1. The Morgan fingerprint density at radius 1 is 1.38 bits per heavy atom. The van der Waals surface area contributed by atoms with Crippen molar-refractivity contribution in [3.8, 4) is 0 Å². The predicted octanol–water partition coefficient (Wildman–Crippen LogP) is 2.97. The molecule has 6 heteroatoms. The van der Waals surface area contributed by atoms with Crippen molar-refractivity contribution in [2.75, 3.05) is 6.54 Å². The number of aliphatic hydroxyl groups excluding tert-OH is 1. The van der Waals surface area contributed by atoms with E-state index in [9.17, 15) is 9.90 Å². The fourth-order valence-corrected chi connectivity index (χ4v) is 2.68. The van der Waals surface area contributed by atoms with Gasteiger partial charge in [0.2, 0.25) is 0 Å². The second-order valence-corrected chi connectivity index (χ2v) is 7.29. The summed E-state index contributed by atoms with van der Waals surface area (Å²) >= 11 is 0. The Hall–Kier alpha value is -1.95. The molecule has 1 fully saturated rings. The number of aromatic nitrogens is 2. The fraction of sp³-hybridized carbons (Fsp3) is 0.611. The van der Waals surface area contributed by atoms with Gasteiger partial charge in [-0.05, 0) is 30.7 Å². The number of amides is 1. The summed E-state index contributed by atoms with van der Waals surface area (Å²) in [6, 6.07) is 1.86. The van der Waals surface area contributed by atoms with Crippen LogP contribution in [0.3, 0.4) is 0 Å². The van der Waals surface area contributed by atoms with Gasteiger partial charge in [-0.2, -0.15) is 0 Å². The molecule has 2 aromatic rings.